The van der Waals surface area contributed by atoms with Crippen LogP contribution in [0.3, 0.4) is 0 Å². The maximum atomic E-state index is 13.1. The third kappa shape index (κ3) is 2.75. The first-order valence-corrected chi connectivity index (χ1v) is 9.42. The number of carbonyl (C=O) groups is 2. The van der Waals surface area contributed by atoms with Gasteiger partial charge in [0.15, 0.2) is 0 Å². The summed E-state index contributed by atoms with van der Waals surface area (Å²) >= 11 is 0. The minimum Gasteiger partial charge on any atom is -0.465 e. The Hall–Kier alpha value is -2.14. The van der Waals surface area contributed by atoms with Crippen LogP contribution in [-0.4, -0.2) is 41.6 Å². The lowest BCUT2D eigenvalue weighted by Crippen LogP contribution is -2.40. The molecular weight excluding hydrogens is 330 g/mol. The van der Waals surface area contributed by atoms with Crippen molar-refractivity contribution in [3.63, 3.8) is 0 Å². The zero-order chi connectivity index (χ0) is 18.3. The van der Waals surface area contributed by atoms with E-state index in [0.717, 1.165) is 18.4 Å². The van der Waals surface area contributed by atoms with Crippen molar-refractivity contribution in [2.24, 2.45) is 11.8 Å². The standard InChI is InChI=1S/C21H25NO4/c1-3-4-11-25-20(24)17-16-9-10-21(26-16)13-22(19(23)18(17)21)12-15-7-5-14(2)6-8-15/h5-10,16-18H,3-4,11-13H2,1-2H3/t16-,17+,18-,21?/m1/s1. The molecule has 1 spiro atoms. The van der Waals surface area contributed by atoms with Gasteiger partial charge in [0, 0.05) is 6.54 Å². The third-order valence-electron chi connectivity index (χ3n) is 5.69. The summed E-state index contributed by atoms with van der Waals surface area (Å²) in [6.45, 7) is 5.53. The van der Waals surface area contributed by atoms with Crippen molar-refractivity contribution in [2.45, 2.75) is 44.9 Å². The number of rotatable bonds is 6. The molecule has 1 aromatic rings. The molecule has 3 aliphatic heterocycles. The summed E-state index contributed by atoms with van der Waals surface area (Å²) in [5, 5.41) is 0. The highest BCUT2D eigenvalue weighted by Crippen LogP contribution is 2.52. The first kappa shape index (κ1) is 17.3. The number of ether oxygens (including phenoxy) is 2. The van der Waals surface area contributed by atoms with Crippen LogP contribution in [0.25, 0.3) is 0 Å². The molecule has 0 saturated carbocycles. The minimum atomic E-state index is -0.666. The molecule has 3 heterocycles. The van der Waals surface area contributed by atoms with Gasteiger partial charge in [0.05, 0.1) is 25.2 Å². The Labute approximate surface area is 154 Å². The molecule has 0 N–H and O–H groups in total. The number of aryl methyl sites for hydroxylation is 1. The van der Waals surface area contributed by atoms with E-state index in [4.69, 9.17) is 9.47 Å². The SMILES string of the molecule is CCCCOC(=O)[C@H]1[C@H]2C=CC3(CN(Cc4ccc(C)cc4)C(=O)[C@@H]13)O2. The molecule has 0 aromatic heterocycles. The molecule has 1 unspecified atom stereocenters. The van der Waals surface area contributed by atoms with Gasteiger partial charge < -0.3 is 14.4 Å². The minimum absolute atomic E-state index is 0.00475. The van der Waals surface area contributed by atoms with Crippen molar-refractivity contribution >= 4 is 11.9 Å². The lowest BCUT2D eigenvalue weighted by Gasteiger charge is -2.22. The number of esters is 1. The van der Waals surface area contributed by atoms with Gasteiger partial charge in [-0.05, 0) is 18.9 Å². The predicted molar refractivity (Wildman–Crippen MR) is 96.2 cm³/mol. The van der Waals surface area contributed by atoms with E-state index in [9.17, 15) is 9.59 Å². The number of fused-ring (bicyclic) bond motifs is 1. The summed E-state index contributed by atoms with van der Waals surface area (Å²) in [5.74, 6) is -1.29. The van der Waals surface area contributed by atoms with Gasteiger partial charge in [-0.2, -0.15) is 0 Å². The second-order valence-corrected chi connectivity index (χ2v) is 7.60. The molecule has 5 heteroatoms. The largest absolute Gasteiger partial charge is 0.465 e. The van der Waals surface area contributed by atoms with Gasteiger partial charge in [-0.25, -0.2) is 0 Å². The molecule has 1 aromatic carbocycles. The lowest BCUT2D eigenvalue weighted by molar-refractivity contribution is -0.154. The average Bonchev–Trinajstić information content (AvgIpc) is 3.26. The van der Waals surface area contributed by atoms with E-state index in [0.29, 0.717) is 19.7 Å². The van der Waals surface area contributed by atoms with Crippen molar-refractivity contribution < 1.29 is 19.1 Å². The van der Waals surface area contributed by atoms with Crippen LogP contribution in [-0.2, 0) is 25.6 Å². The molecule has 4 atom stereocenters. The molecule has 138 valence electrons. The van der Waals surface area contributed by atoms with Gasteiger partial charge in [0.25, 0.3) is 0 Å². The molecule has 2 fully saturated rings. The second-order valence-electron chi connectivity index (χ2n) is 7.60. The van der Waals surface area contributed by atoms with Crippen LogP contribution in [0.4, 0.5) is 0 Å². The van der Waals surface area contributed by atoms with Crippen molar-refractivity contribution in [2.75, 3.05) is 13.2 Å². The Bertz CT molecular complexity index is 741. The van der Waals surface area contributed by atoms with Crippen LogP contribution in [0.5, 0.6) is 0 Å². The van der Waals surface area contributed by atoms with Crippen LogP contribution in [0.2, 0.25) is 0 Å². The van der Waals surface area contributed by atoms with E-state index >= 15 is 0 Å². The van der Waals surface area contributed by atoms with Crippen molar-refractivity contribution in [1.82, 2.24) is 4.90 Å². The number of amides is 1. The van der Waals surface area contributed by atoms with Crippen LogP contribution in [0.15, 0.2) is 36.4 Å². The van der Waals surface area contributed by atoms with Crippen LogP contribution < -0.4 is 0 Å². The fourth-order valence-electron chi connectivity index (χ4n) is 4.31. The van der Waals surface area contributed by atoms with E-state index in [1.807, 2.05) is 48.2 Å². The topological polar surface area (TPSA) is 55.8 Å². The Balaban J connectivity index is 1.51. The summed E-state index contributed by atoms with van der Waals surface area (Å²) in [7, 11) is 0. The summed E-state index contributed by atoms with van der Waals surface area (Å²) in [5.41, 5.74) is 1.61. The molecule has 4 rings (SSSR count). The normalized spacial score (nSPS) is 31.5. The van der Waals surface area contributed by atoms with Gasteiger partial charge in [0.1, 0.15) is 11.5 Å². The highest BCUT2D eigenvalue weighted by atomic mass is 16.6. The molecule has 2 bridgehead atoms. The number of unbranched alkanes of at least 4 members (excludes halogenated alkanes) is 1. The van der Waals surface area contributed by atoms with Crippen LogP contribution in [0, 0.1) is 18.8 Å². The second kappa shape index (κ2) is 6.54. The predicted octanol–water partition coefficient (Wildman–Crippen LogP) is 2.62. The summed E-state index contributed by atoms with van der Waals surface area (Å²) in [4.78, 5) is 27.5. The lowest BCUT2D eigenvalue weighted by atomic mass is 9.77. The van der Waals surface area contributed by atoms with E-state index in [1.54, 1.807) is 0 Å². The van der Waals surface area contributed by atoms with Crippen LogP contribution in [0.1, 0.15) is 30.9 Å². The van der Waals surface area contributed by atoms with Crippen LogP contribution >= 0.6 is 0 Å². The monoisotopic (exact) mass is 355 g/mol. The molecular formula is C21H25NO4. The quantitative estimate of drug-likeness (QED) is 0.447. The Kier molecular flexibility index (Phi) is 4.35. The smallest absolute Gasteiger partial charge is 0.312 e. The first-order chi connectivity index (χ1) is 12.5. The maximum absolute atomic E-state index is 13.1. The zero-order valence-corrected chi connectivity index (χ0v) is 15.3. The third-order valence-corrected chi connectivity index (χ3v) is 5.69. The zero-order valence-electron chi connectivity index (χ0n) is 15.3. The number of hydrogen-bond acceptors (Lipinski definition) is 4. The van der Waals surface area contributed by atoms with E-state index in [-0.39, 0.29) is 18.0 Å². The molecule has 3 aliphatic rings. The molecule has 5 nitrogen and oxygen atoms in total. The molecule has 2 saturated heterocycles. The summed E-state index contributed by atoms with van der Waals surface area (Å²) in [6.07, 6.45) is 5.37. The fourth-order valence-corrected chi connectivity index (χ4v) is 4.31. The molecule has 26 heavy (non-hydrogen) atoms. The highest BCUT2D eigenvalue weighted by molar-refractivity contribution is 5.91. The van der Waals surface area contributed by atoms with Gasteiger partial charge in [-0.15, -0.1) is 0 Å². The highest BCUT2D eigenvalue weighted by Gasteiger charge is 2.67. The number of carbonyl (C=O) groups excluding carboxylic acids is 2. The number of likely N-dealkylation sites (tertiary alicyclic amines) is 1. The van der Waals surface area contributed by atoms with Gasteiger partial charge in [0.2, 0.25) is 5.91 Å². The van der Waals surface area contributed by atoms with E-state index in [1.165, 1.54) is 5.56 Å². The Morgan fingerprint density at radius 3 is 2.85 bits per heavy atom. The van der Waals surface area contributed by atoms with E-state index < -0.39 is 17.4 Å². The number of hydrogen-bond donors (Lipinski definition) is 0. The van der Waals surface area contributed by atoms with Crippen molar-refractivity contribution in [1.29, 1.82) is 0 Å². The van der Waals surface area contributed by atoms with Gasteiger partial charge in [-0.3, -0.25) is 9.59 Å². The summed E-state index contributed by atoms with van der Waals surface area (Å²) < 4.78 is 11.5. The number of nitrogens with zero attached hydrogens (tertiary/aromatic N) is 1. The van der Waals surface area contributed by atoms with Crippen molar-refractivity contribution in [3.8, 4) is 0 Å². The Morgan fingerprint density at radius 2 is 2.12 bits per heavy atom. The van der Waals surface area contributed by atoms with E-state index in [2.05, 4.69) is 6.92 Å². The molecule has 0 radical (unpaired) electrons. The summed E-state index contributed by atoms with van der Waals surface area (Å²) in [6, 6.07) is 8.17. The van der Waals surface area contributed by atoms with Crippen molar-refractivity contribution in [3.05, 3.63) is 47.5 Å². The first-order valence-electron chi connectivity index (χ1n) is 9.42. The number of benzene rings is 1. The molecule has 0 aliphatic carbocycles. The maximum Gasteiger partial charge on any atom is 0.312 e. The molecule has 1 amide bonds. The van der Waals surface area contributed by atoms with Gasteiger partial charge >= 0.3 is 5.97 Å². The van der Waals surface area contributed by atoms with Gasteiger partial charge in [-0.1, -0.05) is 55.3 Å². The fraction of sp³-hybridized carbons (Fsp3) is 0.524. The Morgan fingerprint density at radius 1 is 1.35 bits per heavy atom. The average molecular weight is 355 g/mol.